The Morgan fingerprint density at radius 2 is 1.64 bits per heavy atom. The van der Waals surface area contributed by atoms with E-state index in [2.05, 4.69) is 10.6 Å². The van der Waals surface area contributed by atoms with Gasteiger partial charge < -0.3 is 25.4 Å². The Morgan fingerprint density at radius 1 is 0.972 bits per heavy atom. The highest BCUT2D eigenvalue weighted by Crippen LogP contribution is 2.25. The molecule has 3 aromatic carbocycles. The lowest BCUT2D eigenvalue weighted by molar-refractivity contribution is -0.138. The molecular formula is C28H33N3O5. The number of carbonyl (C=O) groups is 3. The van der Waals surface area contributed by atoms with Gasteiger partial charge in [0.25, 0.3) is 5.91 Å². The van der Waals surface area contributed by atoms with Gasteiger partial charge in [-0.2, -0.15) is 0 Å². The number of aliphatic hydroxyl groups excluding tert-OH is 1. The second-order valence-electron chi connectivity index (χ2n) is 9.53. The number of ether oxygens (including phenoxy) is 1. The first-order valence-electron chi connectivity index (χ1n) is 11.8. The van der Waals surface area contributed by atoms with Crippen LogP contribution in [0.4, 0.5) is 10.5 Å². The first-order valence-corrected chi connectivity index (χ1v) is 11.8. The number of aliphatic hydroxyl groups is 1. The minimum atomic E-state index is -1.03. The summed E-state index contributed by atoms with van der Waals surface area (Å²) in [6.45, 7) is 6.24. The van der Waals surface area contributed by atoms with Crippen LogP contribution < -0.4 is 10.6 Å². The molecule has 190 valence electrons. The van der Waals surface area contributed by atoms with Gasteiger partial charge in [-0.1, -0.05) is 60.2 Å². The monoisotopic (exact) mass is 491 g/mol. The van der Waals surface area contributed by atoms with E-state index in [9.17, 15) is 19.5 Å². The number of alkyl carbamates (subject to hydrolysis) is 1. The lowest BCUT2D eigenvalue weighted by atomic mass is 10.0. The van der Waals surface area contributed by atoms with Crippen molar-refractivity contribution >= 4 is 34.4 Å². The number of amides is 3. The molecule has 0 saturated heterocycles. The molecule has 0 aromatic heterocycles. The number of aryl methyl sites for hydroxylation is 1. The zero-order valence-electron chi connectivity index (χ0n) is 21.1. The number of fused-ring (bicyclic) bond motifs is 1. The third-order valence-electron chi connectivity index (χ3n) is 5.41. The van der Waals surface area contributed by atoms with Gasteiger partial charge in [-0.3, -0.25) is 9.59 Å². The van der Waals surface area contributed by atoms with Gasteiger partial charge >= 0.3 is 6.09 Å². The second-order valence-corrected chi connectivity index (χ2v) is 9.53. The van der Waals surface area contributed by atoms with Crippen molar-refractivity contribution in [2.45, 2.75) is 39.3 Å². The number of hydrogen-bond acceptors (Lipinski definition) is 5. The van der Waals surface area contributed by atoms with E-state index in [4.69, 9.17) is 4.74 Å². The van der Waals surface area contributed by atoms with Gasteiger partial charge in [0, 0.05) is 12.2 Å². The number of nitrogens with zero attached hydrogens (tertiary/aromatic N) is 1. The predicted octanol–water partition coefficient (Wildman–Crippen LogP) is 4.17. The smallest absolute Gasteiger partial charge is 0.408 e. The summed E-state index contributed by atoms with van der Waals surface area (Å²) in [5.41, 5.74) is 1.44. The van der Waals surface area contributed by atoms with Gasteiger partial charge in [-0.15, -0.1) is 0 Å². The molecule has 3 rings (SSSR count). The first kappa shape index (κ1) is 26.7. The fraction of sp³-hybridized carbons (Fsp3) is 0.321. The molecule has 0 aliphatic rings. The molecule has 0 spiro atoms. The average molecular weight is 492 g/mol. The van der Waals surface area contributed by atoms with E-state index < -0.39 is 29.6 Å². The SMILES string of the molecule is Cc1ccc(C(C(=O)Nc2ccc3ccccc3c2)N(CCO)C(=O)CNC(=O)OC(C)(C)C)cc1. The third-order valence-corrected chi connectivity index (χ3v) is 5.41. The number of carbonyl (C=O) groups excluding carboxylic acids is 3. The lowest BCUT2D eigenvalue weighted by Gasteiger charge is -2.31. The minimum absolute atomic E-state index is 0.0987. The summed E-state index contributed by atoms with van der Waals surface area (Å²) in [4.78, 5) is 40.1. The maximum atomic E-state index is 13.6. The number of benzene rings is 3. The van der Waals surface area contributed by atoms with Crippen LogP contribution in [-0.4, -0.2) is 53.2 Å². The normalized spacial score (nSPS) is 12.0. The van der Waals surface area contributed by atoms with Crippen molar-refractivity contribution in [3.63, 3.8) is 0 Å². The zero-order chi connectivity index (χ0) is 26.3. The number of anilines is 1. The molecule has 0 fully saturated rings. The third kappa shape index (κ3) is 7.29. The Bertz CT molecular complexity index is 1220. The van der Waals surface area contributed by atoms with E-state index in [-0.39, 0.29) is 19.7 Å². The van der Waals surface area contributed by atoms with Gasteiger partial charge in [0.1, 0.15) is 18.2 Å². The number of nitrogens with one attached hydrogen (secondary N) is 2. The van der Waals surface area contributed by atoms with Crippen LogP contribution in [0.5, 0.6) is 0 Å². The maximum absolute atomic E-state index is 13.6. The highest BCUT2D eigenvalue weighted by Gasteiger charge is 2.31. The molecule has 0 bridgehead atoms. The Morgan fingerprint density at radius 3 is 2.28 bits per heavy atom. The van der Waals surface area contributed by atoms with Gasteiger partial charge in [-0.25, -0.2) is 4.79 Å². The molecule has 1 unspecified atom stereocenters. The summed E-state index contributed by atoms with van der Waals surface area (Å²) < 4.78 is 5.20. The average Bonchev–Trinajstić information content (AvgIpc) is 2.82. The topological polar surface area (TPSA) is 108 Å². The van der Waals surface area contributed by atoms with Crippen molar-refractivity contribution in [1.29, 1.82) is 0 Å². The summed E-state index contributed by atoms with van der Waals surface area (Å²) in [7, 11) is 0. The van der Waals surface area contributed by atoms with Crippen LogP contribution in [0.3, 0.4) is 0 Å². The van der Waals surface area contributed by atoms with Crippen LogP contribution in [-0.2, 0) is 14.3 Å². The summed E-state index contributed by atoms with van der Waals surface area (Å²) in [5, 5.41) is 17.1. The molecule has 0 saturated carbocycles. The Kier molecular flexibility index (Phi) is 8.66. The van der Waals surface area contributed by atoms with E-state index in [1.165, 1.54) is 4.90 Å². The number of hydrogen-bond donors (Lipinski definition) is 3. The molecular weight excluding hydrogens is 458 g/mol. The molecule has 3 aromatic rings. The van der Waals surface area contributed by atoms with Crippen LogP contribution in [0.15, 0.2) is 66.7 Å². The molecule has 0 heterocycles. The second kappa shape index (κ2) is 11.7. The largest absolute Gasteiger partial charge is 0.444 e. The van der Waals surface area contributed by atoms with E-state index in [0.717, 1.165) is 16.3 Å². The lowest BCUT2D eigenvalue weighted by Crippen LogP contribution is -2.47. The van der Waals surface area contributed by atoms with Gasteiger partial charge in [0.15, 0.2) is 0 Å². The zero-order valence-corrected chi connectivity index (χ0v) is 21.1. The summed E-state index contributed by atoms with van der Waals surface area (Å²) >= 11 is 0. The highest BCUT2D eigenvalue weighted by molar-refractivity contribution is 6.00. The Hall–Kier alpha value is -3.91. The van der Waals surface area contributed by atoms with Crippen LogP contribution >= 0.6 is 0 Å². The summed E-state index contributed by atoms with van der Waals surface area (Å²) in [5.74, 6) is -0.970. The number of rotatable bonds is 8. The van der Waals surface area contributed by atoms with Crippen molar-refractivity contribution < 1.29 is 24.2 Å². The molecule has 8 heteroatoms. The van der Waals surface area contributed by atoms with Crippen LogP contribution in [0.2, 0.25) is 0 Å². The predicted molar refractivity (Wildman–Crippen MR) is 140 cm³/mol. The highest BCUT2D eigenvalue weighted by atomic mass is 16.6. The standard InChI is InChI=1S/C28H33N3O5/c1-19-9-11-21(12-10-19)25(26(34)30-23-14-13-20-7-5-6-8-22(20)17-23)31(15-16-32)24(33)18-29-27(35)36-28(2,3)4/h5-14,17,25,32H,15-16,18H2,1-4H3,(H,29,35)(H,30,34). The van der Waals surface area contributed by atoms with Gasteiger partial charge in [0.2, 0.25) is 5.91 Å². The Balaban J connectivity index is 1.87. The first-order chi connectivity index (χ1) is 17.1. The molecule has 3 N–H and O–H groups in total. The van der Waals surface area contributed by atoms with Crippen molar-refractivity contribution in [3.05, 3.63) is 77.9 Å². The van der Waals surface area contributed by atoms with Crippen LogP contribution in [0.25, 0.3) is 10.8 Å². The van der Waals surface area contributed by atoms with Crippen molar-refractivity contribution in [1.82, 2.24) is 10.2 Å². The maximum Gasteiger partial charge on any atom is 0.408 e. The molecule has 3 amide bonds. The molecule has 8 nitrogen and oxygen atoms in total. The summed E-state index contributed by atoms with van der Waals surface area (Å²) in [6, 6.07) is 19.6. The van der Waals surface area contributed by atoms with Crippen LogP contribution in [0.1, 0.15) is 37.9 Å². The van der Waals surface area contributed by atoms with E-state index in [0.29, 0.717) is 11.3 Å². The molecule has 0 aliphatic carbocycles. The van der Waals surface area contributed by atoms with Gasteiger partial charge in [-0.05, 0) is 56.2 Å². The molecule has 36 heavy (non-hydrogen) atoms. The summed E-state index contributed by atoms with van der Waals surface area (Å²) in [6.07, 6.45) is -0.743. The van der Waals surface area contributed by atoms with Crippen molar-refractivity contribution in [2.24, 2.45) is 0 Å². The fourth-order valence-corrected chi connectivity index (χ4v) is 3.77. The van der Waals surface area contributed by atoms with E-state index in [1.54, 1.807) is 39.0 Å². The van der Waals surface area contributed by atoms with Crippen molar-refractivity contribution in [2.75, 3.05) is 25.0 Å². The molecule has 0 radical (unpaired) electrons. The molecule has 0 aliphatic heterocycles. The minimum Gasteiger partial charge on any atom is -0.444 e. The fourth-order valence-electron chi connectivity index (χ4n) is 3.77. The van der Waals surface area contributed by atoms with Gasteiger partial charge in [0.05, 0.1) is 6.61 Å². The quantitative estimate of drug-likeness (QED) is 0.438. The van der Waals surface area contributed by atoms with E-state index >= 15 is 0 Å². The van der Waals surface area contributed by atoms with E-state index in [1.807, 2.05) is 55.5 Å². The van der Waals surface area contributed by atoms with Crippen molar-refractivity contribution in [3.8, 4) is 0 Å². The molecule has 1 atom stereocenters. The van der Waals surface area contributed by atoms with Crippen LogP contribution in [0, 0.1) is 6.92 Å². The Labute approximate surface area is 211 Å².